The number of para-hydroxylation sites is 1. The van der Waals surface area contributed by atoms with E-state index < -0.39 is 16.9 Å². The van der Waals surface area contributed by atoms with Crippen LogP contribution in [-0.4, -0.2) is 23.5 Å². The third-order valence-corrected chi connectivity index (χ3v) is 3.49. The molecule has 0 radical (unpaired) electrons. The van der Waals surface area contributed by atoms with Gasteiger partial charge in [0, 0.05) is 5.56 Å². The summed E-state index contributed by atoms with van der Waals surface area (Å²) in [5, 5.41) is 11.1. The Kier molecular flexibility index (Phi) is 5.84. The molecule has 0 aliphatic carbocycles. The number of carbonyl (C=O) groups excluding carboxylic acids is 2. The fraction of sp³-hybridized carbons (Fsp3) is 0.222. The van der Waals surface area contributed by atoms with E-state index in [1.807, 2.05) is 0 Å². The Balaban J connectivity index is 2.07. The third kappa shape index (κ3) is 4.41. The van der Waals surface area contributed by atoms with Crippen molar-refractivity contribution in [3.05, 3.63) is 74.8 Å². The minimum absolute atomic E-state index is 0.0621. The van der Waals surface area contributed by atoms with Crippen molar-refractivity contribution in [3.8, 4) is 0 Å². The van der Waals surface area contributed by atoms with Crippen LogP contribution in [0, 0.1) is 17.0 Å². The van der Waals surface area contributed by atoms with Crippen LogP contribution < -0.4 is 0 Å². The van der Waals surface area contributed by atoms with E-state index in [1.165, 1.54) is 24.3 Å². The highest BCUT2D eigenvalue weighted by Crippen LogP contribution is 2.24. The molecule has 0 bridgehead atoms. The van der Waals surface area contributed by atoms with E-state index in [0.717, 1.165) is 0 Å². The Labute approximate surface area is 144 Å². The largest absolute Gasteiger partial charge is 0.462 e. The van der Waals surface area contributed by atoms with Crippen LogP contribution in [0.5, 0.6) is 0 Å². The molecule has 0 fully saturated rings. The molecule has 0 saturated heterocycles. The van der Waals surface area contributed by atoms with Gasteiger partial charge >= 0.3 is 11.9 Å². The van der Waals surface area contributed by atoms with E-state index in [9.17, 15) is 19.7 Å². The number of ether oxygens (including phenoxy) is 2. The Morgan fingerprint density at radius 3 is 2.08 bits per heavy atom. The summed E-state index contributed by atoms with van der Waals surface area (Å²) in [6, 6.07) is 10.6. The molecule has 2 aromatic carbocycles. The number of nitrogens with zero attached hydrogens (tertiary/aromatic N) is 1. The van der Waals surface area contributed by atoms with Crippen LogP contribution in [0.2, 0.25) is 0 Å². The van der Waals surface area contributed by atoms with E-state index in [1.54, 1.807) is 32.0 Å². The molecule has 0 heterocycles. The lowest BCUT2D eigenvalue weighted by Crippen LogP contribution is -2.08. The topological polar surface area (TPSA) is 95.7 Å². The molecule has 0 saturated carbocycles. The zero-order valence-electron chi connectivity index (χ0n) is 13.9. The predicted molar refractivity (Wildman–Crippen MR) is 89.4 cm³/mol. The fourth-order valence-corrected chi connectivity index (χ4v) is 2.28. The maximum atomic E-state index is 12.1. The number of hydrogen-bond acceptors (Lipinski definition) is 6. The summed E-state index contributed by atoms with van der Waals surface area (Å²) in [4.78, 5) is 34.3. The molecule has 7 nitrogen and oxygen atoms in total. The Morgan fingerprint density at radius 1 is 1.00 bits per heavy atom. The predicted octanol–water partition coefficient (Wildman–Crippen LogP) is 3.44. The summed E-state index contributed by atoms with van der Waals surface area (Å²) in [5.74, 6) is -1.11. The van der Waals surface area contributed by atoms with Crippen LogP contribution in [0.4, 0.5) is 5.69 Å². The lowest BCUT2D eigenvalue weighted by atomic mass is 10.1. The summed E-state index contributed by atoms with van der Waals surface area (Å²) in [6.07, 6.45) is 0. The number of aryl methyl sites for hydroxylation is 1. The molecular weight excluding hydrogens is 326 g/mol. The first-order valence-electron chi connectivity index (χ1n) is 7.61. The minimum atomic E-state index is -0.633. The molecule has 0 atom stereocenters. The summed E-state index contributed by atoms with van der Waals surface area (Å²) in [7, 11) is 0. The zero-order chi connectivity index (χ0) is 18.4. The molecule has 0 amide bonds. The van der Waals surface area contributed by atoms with Gasteiger partial charge in [-0.2, -0.15) is 0 Å². The summed E-state index contributed by atoms with van der Waals surface area (Å²) < 4.78 is 10.0. The van der Waals surface area contributed by atoms with Crippen molar-refractivity contribution < 1.29 is 24.0 Å². The van der Waals surface area contributed by atoms with Crippen LogP contribution >= 0.6 is 0 Å². The highest BCUT2D eigenvalue weighted by Gasteiger charge is 2.18. The maximum absolute atomic E-state index is 12.1. The molecule has 25 heavy (non-hydrogen) atoms. The number of benzene rings is 2. The van der Waals surface area contributed by atoms with Gasteiger partial charge in [-0.25, -0.2) is 9.59 Å². The van der Waals surface area contributed by atoms with E-state index in [2.05, 4.69) is 0 Å². The van der Waals surface area contributed by atoms with Gasteiger partial charge in [0.05, 0.1) is 28.2 Å². The molecule has 130 valence electrons. The van der Waals surface area contributed by atoms with E-state index in [4.69, 9.17) is 9.47 Å². The molecule has 0 aromatic heterocycles. The van der Waals surface area contributed by atoms with Gasteiger partial charge in [0.15, 0.2) is 0 Å². The van der Waals surface area contributed by atoms with Crippen molar-refractivity contribution in [3.63, 3.8) is 0 Å². The summed E-state index contributed by atoms with van der Waals surface area (Å²) >= 11 is 0. The van der Waals surface area contributed by atoms with Crippen molar-refractivity contribution >= 4 is 17.6 Å². The van der Waals surface area contributed by atoms with Crippen molar-refractivity contribution in [1.82, 2.24) is 0 Å². The summed E-state index contributed by atoms with van der Waals surface area (Å²) in [6.45, 7) is 3.38. The van der Waals surface area contributed by atoms with E-state index in [-0.39, 0.29) is 24.5 Å². The first-order valence-corrected chi connectivity index (χ1v) is 7.61. The molecule has 0 aliphatic heterocycles. The van der Waals surface area contributed by atoms with Crippen molar-refractivity contribution in [1.29, 1.82) is 0 Å². The number of esters is 2. The number of carbonyl (C=O) groups is 2. The maximum Gasteiger partial charge on any atom is 0.338 e. The Bertz CT molecular complexity index is 798. The van der Waals surface area contributed by atoms with Crippen molar-refractivity contribution in [2.75, 3.05) is 6.61 Å². The third-order valence-electron chi connectivity index (χ3n) is 3.49. The molecule has 0 aliphatic rings. The first-order chi connectivity index (χ1) is 11.9. The minimum Gasteiger partial charge on any atom is -0.462 e. The molecule has 0 N–H and O–H groups in total. The Morgan fingerprint density at radius 2 is 1.56 bits per heavy atom. The fourth-order valence-electron chi connectivity index (χ4n) is 2.28. The van der Waals surface area contributed by atoms with Crippen LogP contribution in [0.3, 0.4) is 0 Å². The van der Waals surface area contributed by atoms with E-state index in [0.29, 0.717) is 16.7 Å². The van der Waals surface area contributed by atoms with Gasteiger partial charge < -0.3 is 9.47 Å². The molecule has 0 unspecified atom stereocenters. The number of hydrogen-bond donors (Lipinski definition) is 0. The average Bonchev–Trinajstić information content (AvgIpc) is 2.59. The van der Waals surface area contributed by atoms with Gasteiger partial charge in [-0.15, -0.1) is 0 Å². The zero-order valence-corrected chi connectivity index (χ0v) is 13.9. The van der Waals surface area contributed by atoms with Gasteiger partial charge in [-0.1, -0.05) is 12.1 Å². The second kappa shape index (κ2) is 8.05. The van der Waals surface area contributed by atoms with Gasteiger partial charge in [-0.3, -0.25) is 10.1 Å². The van der Waals surface area contributed by atoms with Crippen molar-refractivity contribution in [2.24, 2.45) is 0 Å². The molecular formula is C18H17NO6. The molecule has 2 aromatic rings. The van der Waals surface area contributed by atoms with Gasteiger partial charge in [-0.05, 0) is 44.2 Å². The molecule has 7 heteroatoms. The monoisotopic (exact) mass is 343 g/mol. The van der Waals surface area contributed by atoms with E-state index >= 15 is 0 Å². The number of nitro groups is 1. The standard InChI is InChI=1S/C18H17NO6/c1-3-24-17(20)13-7-9-14(10-8-13)18(21)25-11-15-6-4-5-12(2)16(15)19(22)23/h4-10H,3,11H2,1-2H3. The molecule has 2 rings (SSSR count). The van der Waals surface area contributed by atoms with Gasteiger partial charge in [0.25, 0.3) is 5.69 Å². The quantitative estimate of drug-likeness (QED) is 0.453. The van der Waals surface area contributed by atoms with Crippen LogP contribution in [0.1, 0.15) is 38.8 Å². The lowest BCUT2D eigenvalue weighted by Gasteiger charge is -2.08. The van der Waals surface area contributed by atoms with Crippen LogP contribution in [-0.2, 0) is 16.1 Å². The SMILES string of the molecule is CCOC(=O)c1ccc(C(=O)OCc2cccc(C)c2[N+](=O)[O-])cc1. The van der Waals surface area contributed by atoms with Crippen LogP contribution in [0.25, 0.3) is 0 Å². The first kappa shape index (κ1) is 18.1. The van der Waals surface area contributed by atoms with Crippen LogP contribution in [0.15, 0.2) is 42.5 Å². The highest BCUT2D eigenvalue weighted by molar-refractivity contribution is 5.93. The summed E-state index contributed by atoms with van der Waals surface area (Å²) in [5.41, 5.74) is 1.32. The van der Waals surface area contributed by atoms with Crippen molar-refractivity contribution in [2.45, 2.75) is 20.5 Å². The Hall–Kier alpha value is -3.22. The average molecular weight is 343 g/mol. The smallest absolute Gasteiger partial charge is 0.338 e. The normalized spacial score (nSPS) is 10.2. The van der Waals surface area contributed by atoms with Gasteiger partial charge in [0.2, 0.25) is 0 Å². The molecule has 0 spiro atoms. The second-order valence-electron chi connectivity index (χ2n) is 5.21. The highest BCUT2D eigenvalue weighted by atomic mass is 16.6. The number of nitro benzene ring substituents is 1. The van der Waals surface area contributed by atoms with Gasteiger partial charge in [0.1, 0.15) is 6.61 Å². The lowest BCUT2D eigenvalue weighted by molar-refractivity contribution is -0.386. The second-order valence-corrected chi connectivity index (χ2v) is 5.21. The number of rotatable bonds is 6.